The number of benzene rings is 3. The van der Waals surface area contributed by atoms with Gasteiger partial charge in [-0.15, -0.1) is 0 Å². The normalized spacial score (nSPS) is 15.5. The lowest BCUT2D eigenvalue weighted by molar-refractivity contribution is -0.122. The van der Waals surface area contributed by atoms with Gasteiger partial charge < -0.3 is 35.3 Å². The maximum absolute atomic E-state index is 13.9. The van der Waals surface area contributed by atoms with Gasteiger partial charge in [0.2, 0.25) is 11.8 Å². The molecule has 2 amide bonds. The third-order valence-electron chi connectivity index (χ3n) is 9.03. The third kappa shape index (κ3) is 5.59. The van der Waals surface area contributed by atoms with Crippen LogP contribution in [0.5, 0.6) is 17.2 Å². The number of rotatable bonds is 9. The SMILES string of the molecule is COc1cc2c(c([C@H](Cc3ccc(O)cc3)C(=O)NCCO)c1)-c1c(C3CCCCC3)c3ccc(C(N)=O)cc3n1CCO2. The number of aromatic hydroxyl groups is 1. The van der Waals surface area contributed by atoms with Gasteiger partial charge in [-0.3, -0.25) is 9.59 Å². The third-order valence-corrected chi connectivity index (χ3v) is 9.03. The molecule has 2 heterocycles. The van der Waals surface area contributed by atoms with Gasteiger partial charge in [0.1, 0.15) is 23.9 Å². The summed E-state index contributed by atoms with van der Waals surface area (Å²) in [7, 11) is 1.60. The van der Waals surface area contributed by atoms with Crippen LogP contribution < -0.4 is 20.5 Å². The zero-order valence-electron chi connectivity index (χ0n) is 25.0. The van der Waals surface area contributed by atoms with Crippen molar-refractivity contribution in [1.82, 2.24) is 9.88 Å². The van der Waals surface area contributed by atoms with E-state index in [1.165, 1.54) is 12.0 Å². The number of phenols is 1. The first-order valence-electron chi connectivity index (χ1n) is 15.4. The minimum atomic E-state index is -0.663. The van der Waals surface area contributed by atoms with Gasteiger partial charge in [0, 0.05) is 34.6 Å². The summed E-state index contributed by atoms with van der Waals surface area (Å²) in [5.41, 5.74) is 11.8. The smallest absolute Gasteiger partial charge is 0.248 e. The molecule has 1 fully saturated rings. The van der Waals surface area contributed by atoms with Crippen LogP contribution in [-0.4, -0.2) is 53.5 Å². The van der Waals surface area contributed by atoms with Crippen LogP contribution in [0.15, 0.2) is 54.6 Å². The van der Waals surface area contributed by atoms with Crippen molar-refractivity contribution in [2.75, 3.05) is 26.9 Å². The molecule has 1 atom stereocenters. The van der Waals surface area contributed by atoms with E-state index in [9.17, 15) is 19.8 Å². The molecule has 0 unspecified atom stereocenters. The number of aliphatic hydroxyl groups excluding tert-OH is 1. The molecule has 0 spiro atoms. The molecule has 2 aliphatic rings. The molecule has 1 aliphatic carbocycles. The van der Waals surface area contributed by atoms with Crippen molar-refractivity contribution in [3.63, 3.8) is 0 Å². The number of ether oxygens (including phenoxy) is 2. The van der Waals surface area contributed by atoms with Gasteiger partial charge in [-0.1, -0.05) is 37.5 Å². The lowest BCUT2D eigenvalue weighted by Gasteiger charge is -2.26. The number of hydrogen-bond donors (Lipinski definition) is 4. The Hall–Kier alpha value is -4.50. The first-order valence-corrected chi connectivity index (χ1v) is 15.4. The van der Waals surface area contributed by atoms with Crippen molar-refractivity contribution >= 4 is 22.7 Å². The highest BCUT2D eigenvalue weighted by molar-refractivity contribution is 6.01. The van der Waals surface area contributed by atoms with Crippen molar-refractivity contribution in [1.29, 1.82) is 0 Å². The van der Waals surface area contributed by atoms with E-state index < -0.39 is 11.8 Å². The molecule has 3 aromatic carbocycles. The van der Waals surface area contributed by atoms with Gasteiger partial charge in [-0.25, -0.2) is 0 Å². The summed E-state index contributed by atoms with van der Waals surface area (Å²) in [6.45, 7) is 0.882. The van der Waals surface area contributed by atoms with Crippen molar-refractivity contribution in [3.05, 3.63) is 76.9 Å². The number of nitrogens with zero attached hydrogens (tertiary/aromatic N) is 1. The lowest BCUT2D eigenvalue weighted by atomic mass is 9.79. The minimum absolute atomic E-state index is 0.122. The highest BCUT2D eigenvalue weighted by atomic mass is 16.5. The van der Waals surface area contributed by atoms with Crippen LogP contribution in [0.25, 0.3) is 22.2 Å². The number of amides is 2. The molecule has 44 heavy (non-hydrogen) atoms. The number of hydrogen-bond acceptors (Lipinski definition) is 6. The molecule has 1 aromatic heterocycles. The molecular weight excluding hydrogens is 558 g/mol. The molecule has 5 N–H and O–H groups in total. The lowest BCUT2D eigenvalue weighted by Crippen LogP contribution is -2.33. The summed E-state index contributed by atoms with van der Waals surface area (Å²) < 4.78 is 14.4. The number of carbonyl (C=O) groups excluding carboxylic acids is 2. The van der Waals surface area contributed by atoms with Crippen LogP contribution in [0.2, 0.25) is 0 Å². The van der Waals surface area contributed by atoms with Crippen LogP contribution in [0.1, 0.15) is 71.0 Å². The van der Waals surface area contributed by atoms with E-state index in [2.05, 4.69) is 9.88 Å². The Morgan fingerprint density at radius 3 is 2.57 bits per heavy atom. The zero-order chi connectivity index (χ0) is 30.8. The second-order valence-corrected chi connectivity index (χ2v) is 11.7. The molecule has 9 nitrogen and oxygen atoms in total. The second-order valence-electron chi connectivity index (χ2n) is 11.7. The molecule has 0 radical (unpaired) electrons. The van der Waals surface area contributed by atoms with Crippen molar-refractivity contribution < 1.29 is 29.3 Å². The number of fused-ring (bicyclic) bond motifs is 5. The number of nitrogens with one attached hydrogen (secondary N) is 1. The average molecular weight is 598 g/mol. The molecule has 1 saturated carbocycles. The number of aromatic nitrogens is 1. The summed E-state index contributed by atoms with van der Waals surface area (Å²) >= 11 is 0. The Kier molecular flexibility index (Phi) is 8.48. The fraction of sp³-hybridized carbons (Fsp3) is 0.371. The zero-order valence-corrected chi connectivity index (χ0v) is 25.0. The van der Waals surface area contributed by atoms with E-state index in [1.807, 2.05) is 36.4 Å². The summed E-state index contributed by atoms with van der Waals surface area (Å²) in [6.07, 6.45) is 5.95. The molecule has 0 bridgehead atoms. The predicted molar refractivity (Wildman–Crippen MR) is 168 cm³/mol. The van der Waals surface area contributed by atoms with E-state index in [0.29, 0.717) is 42.6 Å². The van der Waals surface area contributed by atoms with Crippen LogP contribution >= 0.6 is 0 Å². The highest BCUT2D eigenvalue weighted by Crippen LogP contribution is 2.50. The van der Waals surface area contributed by atoms with E-state index in [1.54, 1.807) is 25.3 Å². The molecular formula is C35H39N3O6. The second kappa shape index (κ2) is 12.6. The van der Waals surface area contributed by atoms with E-state index in [0.717, 1.165) is 59.0 Å². The Bertz CT molecular complexity index is 1690. The Labute approximate surface area is 256 Å². The number of nitrogens with two attached hydrogens (primary N) is 1. The first-order chi connectivity index (χ1) is 21.4. The highest BCUT2D eigenvalue weighted by Gasteiger charge is 2.35. The van der Waals surface area contributed by atoms with Crippen LogP contribution in [0.4, 0.5) is 0 Å². The molecule has 6 rings (SSSR count). The van der Waals surface area contributed by atoms with Gasteiger partial charge in [0.25, 0.3) is 0 Å². The first kappa shape index (κ1) is 29.6. The number of phenolic OH excluding ortho intramolecular Hbond substituents is 1. The van der Waals surface area contributed by atoms with Crippen molar-refractivity contribution in [2.24, 2.45) is 5.73 Å². The molecule has 230 valence electrons. The monoisotopic (exact) mass is 597 g/mol. The topological polar surface area (TPSA) is 136 Å². The average Bonchev–Trinajstić information content (AvgIpc) is 3.23. The maximum atomic E-state index is 13.9. The Morgan fingerprint density at radius 2 is 1.86 bits per heavy atom. The van der Waals surface area contributed by atoms with Gasteiger partial charge in [0.05, 0.1) is 31.9 Å². The van der Waals surface area contributed by atoms with Gasteiger partial charge in [0.15, 0.2) is 0 Å². The largest absolute Gasteiger partial charge is 0.508 e. The van der Waals surface area contributed by atoms with E-state index in [4.69, 9.17) is 15.2 Å². The van der Waals surface area contributed by atoms with E-state index in [-0.39, 0.29) is 24.8 Å². The number of aliphatic hydroxyl groups is 1. The molecule has 4 aromatic rings. The van der Waals surface area contributed by atoms with Gasteiger partial charge in [-0.05, 0) is 72.2 Å². The summed E-state index contributed by atoms with van der Waals surface area (Å²) in [5, 5.41) is 23.4. The quantitative estimate of drug-likeness (QED) is 0.215. The molecule has 1 aliphatic heterocycles. The summed E-state index contributed by atoms with van der Waals surface area (Å²) in [4.78, 5) is 26.2. The van der Waals surface area contributed by atoms with Crippen LogP contribution in [0.3, 0.4) is 0 Å². The minimum Gasteiger partial charge on any atom is -0.508 e. The van der Waals surface area contributed by atoms with Crippen molar-refractivity contribution in [2.45, 2.75) is 56.9 Å². The fourth-order valence-corrected chi connectivity index (χ4v) is 6.97. The Balaban J connectivity index is 1.64. The van der Waals surface area contributed by atoms with Gasteiger partial charge in [-0.2, -0.15) is 0 Å². The number of methoxy groups -OCH3 is 1. The van der Waals surface area contributed by atoms with Crippen LogP contribution in [-0.2, 0) is 17.8 Å². The predicted octanol–water partition coefficient (Wildman–Crippen LogP) is 5.00. The van der Waals surface area contributed by atoms with E-state index >= 15 is 0 Å². The summed E-state index contributed by atoms with van der Waals surface area (Å²) in [6, 6.07) is 16.4. The van der Waals surface area contributed by atoms with Crippen LogP contribution in [0, 0.1) is 0 Å². The Morgan fingerprint density at radius 1 is 1.09 bits per heavy atom. The summed E-state index contributed by atoms with van der Waals surface area (Å²) in [5.74, 6) is 0.292. The molecule has 9 heteroatoms. The van der Waals surface area contributed by atoms with Gasteiger partial charge >= 0.3 is 0 Å². The number of primary amides is 1. The molecule has 0 saturated heterocycles. The number of carbonyl (C=O) groups is 2. The standard InChI is InChI=1S/C35H39N3O6/c1-43-25-19-27(28(35(42)37-13-15-39)17-21-7-10-24(40)11-8-21)32-30(20-25)44-16-14-38-29-18-23(34(36)41)9-12-26(29)31(33(32)38)22-5-3-2-4-6-22/h7-12,18-20,22,28,39-40H,2-6,13-17H2,1H3,(H2,36,41)(H,37,42)/t28-/m0/s1. The maximum Gasteiger partial charge on any atom is 0.248 e. The fourth-order valence-electron chi connectivity index (χ4n) is 6.97. The van der Waals surface area contributed by atoms with Crippen molar-refractivity contribution in [3.8, 4) is 28.5 Å².